The maximum Gasteiger partial charge on any atom is 0.405 e. The van der Waals surface area contributed by atoms with Gasteiger partial charge in [0.2, 0.25) is 0 Å². The van der Waals surface area contributed by atoms with Gasteiger partial charge in [0.1, 0.15) is 17.6 Å². The number of hydrogen-bond acceptors (Lipinski definition) is 9. The Labute approximate surface area is 247 Å². The van der Waals surface area contributed by atoms with Crippen molar-refractivity contribution in [1.29, 1.82) is 0 Å². The van der Waals surface area contributed by atoms with Crippen molar-refractivity contribution in [2.75, 3.05) is 37.5 Å². The number of fused-ring (bicyclic) bond motifs is 2. The molecule has 11 heteroatoms. The minimum atomic E-state index is -0.980. The molecule has 6 N–H and O–H groups in total. The Balaban J connectivity index is 2.10. The molecule has 1 aromatic rings. The van der Waals surface area contributed by atoms with Gasteiger partial charge in [-0.05, 0) is 44.6 Å². The van der Waals surface area contributed by atoms with E-state index in [1.807, 2.05) is 18.7 Å². The first-order chi connectivity index (χ1) is 19.9. The van der Waals surface area contributed by atoms with Crippen molar-refractivity contribution in [1.82, 2.24) is 0 Å². The van der Waals surface area contributed by atoms with E-state index < -0.39 is 42.3 Å². The molecule has 6 atom stereocenters. The largest absolute Gasteiger partial charge is 0.506 e. The standard InChI is InChI=1S/C31H45N3O8/c1-17-13-21-26(34-11-8-12-34)23(35)16-22(28(21)37)33-30(38)18(2)9-7-10-24(40-5)29(42-31(32)39)20(4)15-19(3)27(36)25(14-17)41-6/h7,9-10,15-17,19,24-25,27,29,35-37H,8,11-14H2,1-6H3,(H2,32,39)(H,33,38)/t17-,19+,24+,25+,27-,29+/m1/s1. The fourth-order valence-corrected chi connectivity index (χ4v) is 5.49. The summed E-state index contributed by atoms with van der Waals surface area (Å²) < 4.78 is 16.7. The number of nitrogens with one attached hydrogen (secondary N) is 1. The molecule has 2 aliphatic rings. The third kappa shape index (κ3) is 7.84. The number of ether oxygens (including phenoxy) is 3. The average Bonchev–Trinajstić information content (AvgIpc) is 2.90. The molecule has 3 rings (SSSR count). The molecule has 0 unspecified atom stereocenters. The summed E-state index contributed by atoms with van der Waals surface area (Å²) in [5, 5.41) is 36.3. The molecule has 0 radical (unpaired) electrons. The second-order valence-electron chi connectivity index (χ2n) is 11.3. The number of phenolic OH excluding ortho intramolecular Hbond substituents is 2. The van der Waals surface area contributed by atoms with Crippen LogP contribution in [0, 0.1) is 11.8 Å². The number of hydrogen-bond donors (Lipinski definition) is 5. The van der Waals surface area contributed by atoms with E-state index in [0.717, 1.165) is 19.5 Å². The van der Waals surface area contributed by atoms with Gasteiger partial charge in [0.15, 0.2) is 6.10 Å². The Morgan fingerprint density at radius 2 is 1.83 bits per heavy atom. The summed E-state index contributed by atoms with van der Waals surface area (Å²) in [5.41, 5.74) is 7.47. The monoisotopic (exact) mass is 587 g/mol. The molecule has 0 saturated carbocycles. The fraction of sp³-hybridized carbons (Fsp3) is 0.548. The summed E-state index contributed by atoms with van der Waals surface area (Å²) in [5.74, 6) is -1.10. The van der Waals surface area contributed by atoms with Crippen LogP contribution in [0.15, 0.2) is 41.5 Å². The summed E-state index contributed by atoms with van der Waals surface area (Å²) in [7, 11) is 2.99. The van der Waals surface area contributed by atoms with Crippen molar-refractivity contribution in [3.05, 3.63) is 47.1 Å². The van der Waals surface area contributed by atoms with Gasteiger partial charge in [-0.1, -0.05) is 38.2 Å². The summed E-state index contributed by atoms with van der Waals surface area (Å²) in [6, 6.07) is 1.37. The normalized spacial score (nSPS) is 27.9. The maximum absolute atomic E-state index is 13.1. The van der Waals surface area contributed by atoms with Crippen LogP contribution in [-0.2, 0) is 25.4 Å². The van der Waals surface area contributed by atoms with Gasteiger partial charge >= 0.3 is 6.09 Å². The second-order valence-corrected chi connectivity index (χ2v) is 11.3. The van der Waals surface area contributed by atoms with E-state index in [1.54, 1.807) is 38.2 Å². The first-order valence-electron chi connectivity index (χ1n) is 14.2. The minimum absolute atomic E-state index is 0.0292. The minimum Gasteiger partial charge on any atom is -0.506 e. The molecule has 2 amide bonds. The van der Waals surface area contributed by atoms with Crippen molar-refractivity contribution < 1.29 is 39.1 Å². The number of allylic oxidation sites excluding steroid dienone is 2. The van der Waals surface area contributed by atoms with Gasteiger partial charge in [0, 0.05) is 50.4 Å². The van der Waals surface area contributed by atoms with Gasteiger partial charge < -0.3 is 45.5 Å². The topological polar surface area (TPSA) is 164 Å². The van der Waals surface area contributed by atoms with Crippen LogP contribution >= 0.6 is 0 Å². The number of methoxy groups -OCH3 is 2. The lowest BCUT2D eigenvalue weighted by atomic mass is 9.87. The highest BCUT2D eigenvalue weighted by Gasteiger charge is 2.31. The fourth-order valence-electron chi connectivity index (χ4n) is 5.49. The Morgan fingerprint density at radius 1 is 1.14 bits per heavy atom. The van der Waals surface area contributed by atoms with Crippen molar-refractivity contribution in [2.45, 2.75) is 71.4 Å². The Morgan fingerprint density at radius 3 is 2.40 bits per heavy atom. The van der Waals surface area contributed by atoms with Crippen LogP contribution < -0.4 is 16.0 Å². The molecule has 2 aliphatic heterocycles. The molecule has 232 valence electrons. The number of aliphatic hydroxyl groups excluding tert-OH is 1. The van der Waals surface area contributed by atoms with E-state index >= 15 is 0 Å². The number of aromatic hydroxyl groups is 2. The Kier molecular flexibility index (Phi) is 11.4. The van der Waals surface area contributed by atoms with Gasteiger partial charge in [-0.2, -0.15) is 0 Å². The lowest BCUT2D eigenvalue weighted by molar-refractivity contribution is -0.112. The second kappa shape index (κ2) is 14.6. The smallest absolute Gasteiger partial charge is 0.405 e. The van der Waals surface area contributed by atoms with Crippen LogP contribution in [0.2, 0.25) is 0 Å². The van der Waals surface area contributed by atoms with Crippen molar-refractivity contribution >= 4 is 23.4 Å². The summed E-state index contributed by atoms with van der Waals surface area (Å²) in [6.07, 6.45) is 4.28. The van der Waals surface area contributed by atoms with Crippen LogP contribution in [0.1, 0.15) is 46.1 Å². The van der Waals surface area contributed by atoms with E-state index in [-0.39, 0.29) is 23.1 Å². The predicted molar refractivity (Wildman–Crippen MR) is 161 cm³/mol. The third-order valence-electron chi connectivity index (χ3n) is 7.97. The highest BCUT2D eigenvalue weighted by Crippen LogP contribution is 2.45. The number of nitrogens with zero attached hydrogens (tertiary/aromatic N) is 1. The van der Waals surface area contributed by atoms with Crippen LogP contribution in [0.4, 0.5) is 16.2 Å². The van der Waals surface area contributed by atoms with Gasteiger partial charge in [0.25, 0.3) is 5.91 Å². The zero-order valence-corrected chi connectivity index (χ0v) is 25.3. The number of benzene rings is 1. The van der Waals surface area contributed by atoms with Crippen molar-refractivity contribution in [3.63, 3.8) is 0 Å². The zero-order chi connectivity index (χ0) is 31.1. The molecule has 11 nitrogen and oxygen atoms in total. The molecule has 0 aliphatic carbocycles. The number of primary amides is 1. The van der Waals surface area contributed by atoms with Gasteiger partial charge in [0.05, 0.1) is 23.6 Å². The zero-order valence-electron chi connectivity index (χ0n) is 25.3. The third-order valence-corrected chi connectivity index (χ3v) is 7.97. The first kappa shape index (κ1) is 33.0. The summed E-state index contributed by atoms with van der Waals surface area (Å²) in [4.78, 5) is 26.8. The molecule has 0 aromatic heterocycles. The maximum atomic E-state index is 13.1. The quantitative estimate of drug-likeness (QED) is 0.200. The average molecular weight is 588 g/mol. The highest BCUT2D eigenvalue weighted by molar-refractivity contribution is 6.05. The number of amides is 2. The van der Waals surface area contributed by atoms with E-state index in [1.165, 1.54) is 20.3 Å². The number of nitrogens with two attached hydrogens (primary N) is 1. The van der Waals surface area contributed by atoms with E-state index in [2.05, 4.69) is 5.32 Å². The van der Waals surface area contributed by atoms with E-state index in [9.17, 15) is 24.9 Å². The number of carbonyl (C=O) groups is 2. The summed E-state index contributed by atoms with van der Waals surface area (Å²) >= 11 is 0. The molecular formula is C31H45N3O8. The number of anilines is 2. The molecule has 1 fully saturated rings. The Bertz CT molecular complexity index is 1220. The molecule has 1 saturated heterocycles. The lowest BCUT2D eigenvalue weighted by Gasteiger charge is -2.36. The van der Waals surface area contributed by atoms with Gasteiger partial charge in [-0.3, -0.25) is 4.79 Å². The van der Waals surface area contributed by atoms with Crippen molar-refractivity contribution in [2.24, 2.45) is 17.6 Å². The predicted octanol–water partition coefficient (Wildman–Crippen LogP) is 3.77. The molecular weight excluding hydrogens is 542 g/mol. The Hall–Kier alpha value is -3.54. The number of phenols is 2. The number of aliphatic hydroxyl groups is 1. The van der Waals surface area contributed by atoms with Crippen molar-refractivity contribution in [3.8, 4) is 11.5 Å². The van der Waals surface area contributed by atoms with E-state index in [0.29, 0.717) is 35.2 Å². The number of rotatable bonds is 4. The van der Waals surface area contributed by atoms with E-state index in [4.69, 9.17) is 19.9 Å². The van der Waals surface area contributed by atoms with Gasteiger partial charge in [-0.25, -0.2) is 4.79 Å². The highest BCUT2D eigenvalue weighted by atomic mass is 16.6. The molecule has 42 heavy (non-hydrogen) atoms. The molecule has 0 spiro atoms. The van der Waals surface area contributed by atoms with Crippen LogP contribution in [0.25, 0.3) is 0 Å². The molecule has 2 bridgehead atoms. The SMILES string of the molecule is CO[C@H]1C=CC=C(C)C(=O)Nc2cc(O)c(N3CCC3)c(c2O)C[C@@H](C)C[C@H](OC)[C@H](O)[C@@H](C)C=C(C)[C@@H]1OC(N)=O. The van der Waals surface area contributed by atoms with Crippen LogP contribution in [-0.4, -0.2) is 79.0 Å². The molecule has 2 heterocycles. The lowest BCUT2D eigenvalue weighted by Crippen LogP contribution is -2.38. The van der Waals surface area contributed by atoms with Crippen LogP contribution in [0.5, 0.6) is 11.5 Å². The number of carbonyl (C=O) groups excluding carboxylic acids is 2. The molecule has 1 aromatic carbocycles. The summed E-state index contributed by atoms with van der Waals surface area (Å²) in [6.45, 7) is 8.68. The van der Waals surface area contributed by atoms with Gasteiger partial charge in [-0.15, -0.1) is 0 Å². The first-order valence-corrected chi connectivity index (χ1v) is 14.2. The van der Waals surface area contributed by atoms with Crippen LogP contribution in [0.3, 0.4) is 0 Å².